The van der Waals surface area contributed by atoms with Crippen LogP contribution < -0.4 is 0 Å². The maximum absolute atomic E-state index is 10.3. The monoisotopic (exact) mass is 233 g/mol. The van der Waals surface area contributed by atoms with Crippen LogP contribution in [0, 0.1) is 6.92 Å². The van der Waals surface area contributed by atoms with Gasteiger partial charge in [0, 0.05) is 6.92 Å². The van der Waals surface area contributed by atoms with Gasteiger partial charge in [-0.05, 0) is 0 Å². The summed E-state index contributed by atoms with van der Waals surface area (Å²) in [5, 5.41) is 8.16. The van der Waals surface area contributed by atoms with Crippen LogP contribution in [0.25, 0.3) is 0 Å². The first kappa shape index (κ1) is 12.3. The fraction of sp³-hybridized carbons (Fsp3) is 0.333. The van der Waals surface area contributed by atoms with Crippen LogP contribution in [0.15, 0.2) is 0 Å². The van der Waals surface area contributed by atoms with Gasteiger partial charge in [0.15, 0.2) is 0 Å². The van der Waals surface area contributed by atoms with Gasteiger partial charge in [-0.2, -0.15) is 16.8 Å². The molecule has 0 spiro atoms. The molecule has 77 valence electrons. The van der Waals surface area contributed by atoms with Crippen molar-refractivity contribution < 1.29 is 35.8 Å². The van der Waals surface area contributed by atoms with E-state index < -0.39 is 30.3 Å². The topological polar surface area (TPSA) is 146 Å². The lowest BCUT2D eigenvalue weighted by atomic mass is 10.5. The van der Waals surface area contributed by atoms with Gasteiger partial charge in [0.1, 0.15) is 0 Å². The molecular weight excluding hydrogens is 228 g/mol. The predicted octanol–water partition coefficient (Wildman–Crippen LogP) is -1.62. The molecule has 0 bridgehead atoms. The summed E-state index contributed by atoms with van der Waals surface area (Å²) in [4.78, 5) is 10.2. The van der Waals surface area contributed by atoms with E-state index in [1.165, 1.54) is 0 Å². The Hall–Kier alpha value is -0.710. The molecular formula is C3H5O8S2. The Morgan fingerprint density at radius 1 is 1.08 bits per heavy atom. The average molecular weight is 233 g/mol. The number of carboxylic acids is 1. The number of carbonyl (C=O) groups is 1. The van der Waals surface area contributed by atoms with Crippen LogP contribution in [0.5, 0.6) is 0 Å². The van der Waals surface area contributed by atoms with Gasteiger partial charge < -0.3 is 5.11 Å². The Morgan fingerprint density at radius 3 is 1.31 bits per heavy atom. The molecule has 3 N–H and O–H groups in total. The molecule has 0 heterocycles. The molecule has 0 rings (SSSR count). The average Bonchev–Trinajstić information content (AvgIpc) is 1.80. The van der Waals surface area contributed by atoms with Crippen molar-refractivity contribution in [2.45, 2.75) is 4.08 Å². The number of hydrogen-bond donors (Lipinski definition) is 3. The summed E-state index contributed by atoms with van der Waals surface area (Å²) < 4.78 is 53.8. The molecule has 0 aliphatic carbocycles. The molecule has 10 heteroatoms. The van der Waals surface area contributed by atoms with E-state index in [0.29, 0.717) is 0 Å². The Labute approximate surface area is 73.7 Å². The minimum atomic E-state index is -5.57. The summed E-state index contributed by atoms with van der Waals surface area (Å²) in [7, 11) is -11.1. The van der Waals surface area contributed by atoms with Crippen molar-refractivity contribution in [1.82, 2.24) is 0 Å². The molecule has 0 saturated carbocycles. The highest BCUT2D eigenvalue weighted by molar-refractivity contribution is 8.06. The van der Waals surface area contributed by atoms with E-state index >= 15 is 0 Å². The van der Waals surface area contributed by atoms with Gasteiger partial charge in [-0.1, -0.05) is 0 Å². The largest absolute Gasteiger partial charge is 0.479 e. The molecule has 1 radical (unpaired) electrons. The fourth-order valence-electron chi connectivity index (χ4n) is 0.354. The highest BCUT2D eigenvalue weighted by Gasteiger charge is 2.58. The zero-order chi connectivity index (χ0) is 11.1. The zero-order valence-electron chi connectivity index (χ0n) is 5.91. The highest BCUT2D eigenvalue weighted by atomic mass is 32.3. The van der Waals surface area contributed by atoms with E-state index in [2.05, 4.69) is 6.92 Å². The zero-order valence-corrected chi connectivity index (χ0v) is 7.54. The van der Waals surface area contributed by atoms with E-state index in [4.69, 9.17) is 14.2 Å². The van der Waals surface area contributed by atoms with E-state index in [1.807, 2.05) is 0 Å². The van der Waals surface area contributed by atoms with Crippen molar-refractivity contribution in [3.8, 4) is 0 Å². The van der Waals surface area contributed by atoms with Crippen molar-refractivity contribution >= 4 is 26.2 Å². The summed E-state index contributed by atoms with van der Waals surface area (Å²) in [6, 6.07) is 0. The normalized spacial score (nSPS) is 14.1. The van der Waals surface area contributed by atoms with Crippen LogP contribution in [0.3, 0.4) is 0 Å². The van der Waals surface area contributed by atoms with Gasteiger partial charge in [-0.25, -0.2) is 4.79 Å². The molecule has 0 fully saturated rings. The lowest BCUT2D eigenvalue weighted by Crippen LogP contribution is -2.50. The Morgan fingerprint density at radius 2 is 1.31 bits per heavy atom. The molecule has 0 saturated heterocycles. The predicted molar refractivity (Wildman–Crippen MR) is 38.8 cm³/mol. The summed E-state index contributed by atoms with van der Waals surface area (Å²) in [6.07, 6.45) is 0. The lowest BCUT2D eigenvalue weighted by molar-refractivity contribution is -0.136. The smallest absolute Gasteiger partial charge is 0.346 e. The van der Waals surface area contributed by atoms with Crippen LogP contribution in [0.2, 0.25) is 0 Å². The SMILES string of the molecule is [CH2]C(C(=O)O)(S(=O)(=O)O)S(=O)(=O)O. The summed E-state index contributed by atoms with van der Waals surface area (Å²) in [5.74, 6) is -2.50. The first-order chi connectivity index (χ1) is 5.44. The number of rotatable bonds is 3. The third-order valence-corrected chi connectivity index (χ3v) is 4.44. The summed E-state index contributed by atoms with van der Waals surface area (Å²) >= 11 is 0. The Balaban J connectivity index is 5.96. The molecule has 0 atom stereocenters. The third-order valence-electron chi connectivity index (χ3n) is 1.16. The van der Waals surface area contributed by atoms with Gasteiger partial charge in [0.05, 0.1) is 0 Å². The Bertz CT molecular complexity index is 380. The van der Waals surface area contributed by atoms with Crippen LogP contribution in [-0.2, 0) is 25.0 Å². The molecule has 0 aliphatic rings. The van der Waals surface area contributed by atoms with Crippen molar-refractivity contribution in [3.63, 3.8) is 0 Å². The molecule has 0 unspecified atom stereocenters. The Kier molecular flexibility index (Phi) is 2.75. The van der Waals surface area contributed by atoms with Gasteiger partial charge in [0.2, 0.25) is 0 Å². The van der Waals surface area contributed by atoms with Crippen LogP contribution >= 0.6 is 0 Å². The highest BCUT2D eigenvalue weighted by Crippen LogP contribution is 2.21. The molecule has 0 aliphatic heterocycles. The van der Waals surface area contributed by atoms with Crippen molar-refractivity contribution in [2.75, 3.05) is 0 Å². The van der Waals surface area contributed by atoms with E-state index in [-0.39, 0.29) is 0 Å². The first-order valence-electron chi connectivity index (χ1n) is 2.47. The molecule has 13 heavy (non-hydrogen) atoms. The number of carboxylic acid groups (broad SMARTS) is 1. The summed E-state index contributed by atoms with van der Waals surface area (Å²) in [6.45, 7) is 2.24. The molecule has 0 aromatic carbocycles. The van der Waals surface area contributed by atoms with E-state index in [9.17, 15) is 21.6 Å². The maximum atomic E-state index is 10.3. The van der Waals surface area contributed by atoms with Crippen LogP contribution in [-0.4, -0.2) is 41.1 Å². The minimum absolute atomic E-state index is 2.24. The van der Waals surface area contributed by atoms with Crippen LogP contribution in [0.4, 0.5) is 0 Å². The standard InChI is InChI=1S/C3H5O8S2/c1-3(2(4)5,12(6,7)8)13(9,10)11/h1H2,(H,4,5)(H,6,7,8)(H,9,10,11). The second-order valence-electron chi connectivity index (χ2n) is 2.01. The molecule has 0 aromatic heterocycles. The molecule has 0 amide bonds. The first-order valence-corrected chi connectivity index (χ1v) is 5.35. The lowest BCUT2D eigenvalue weighted by Gasteiger charge is -2.16. The van der Waals surface area contributed by atoms with Gasteiger partial charge in [-0.15, -0.1) is 0 Å². The van der Waals surface area contributed by atoms with Gasteiger partial charge in [-0.3, -0.25) is 9.11 Å². The third kappa shape index (κ3) is 1.80. The van der Waals surface area contributed by atoms with E-state index in [1.54, 1.807) is 0 Å². The van der Waals surface area contributed by atoms with Gasteiger partial charge >= 0.3 is 10.0 Å². The second kappa shape index (κ2) is 2.90. The van der Waals surface area contributed by atoms with Crippen LogP contribution in [0.1, 0.15) is 0 Å². The fourth-order valence-corrected chi connectivity index (χ4v) is 1.86. The molecule has 0 aromatic rings. The van der Waals surface area contributed by atoms with Crippen molar-refractivity contribution in [2.24, 2.45) is 0 Å². The van der Waals surface area contributed by atoms with Gasteiger partial charge in [0.25, 0.3) is 20.2 Å². The maximum Gasteiger partial charge on any atom is 0.346 e. The molecule has 8 nitrogen and oxygen atoms in total. The van der Waals surface area contributed by atoms with Crippen molar-refractivity contribution in [3.05, 3.63) is 6.92 Å². The quantitative estimate of drug-likeness (QED) is 0.492. The minimum Gasteiger partial charge on any atom is -0.479 e. The summed E-state index contributed by atoms with van der Waals surface area (Å²) in [5.41, 5.74) is 0. The second-order valence-corrected chi connectivity index (χ2v) is 5.56. The number of hydrogen-bond acceptors (Lipinski definition) is 5. The number of aliphatic carboxylic acids is 1. The van der Waals surface area contributed by atoms with E-state index in [0.717, 1.165) is 0 Å². The van der Waals surface area contributed by atoms with Crippen molar-refractivity contribution in [1.29, 1.82) is 0 Å².